The zero-order valence-corrected chi connectivity index (χ0v) is 18.6. The predicted molar refractivity (Wildman–Crippen MR) is 120 cm³/mol. The van der Waals surface area contributed by atoms with Gasteiger partial charge in [0.1, 0.15) is 17.0 Å². The van der Waals surface area contributed by atoms with Crippen molar-refractivity contribution in [3.8, 4) is 6.07 Å². The maximum Gasteiger partial charge on any atom is 0.408 e. The highest BCUT2D eigenvalue weighted by molar-refractivity contribution is 7.95. The first kappa shape index (κ1) is 25.0. The molecule has 0 aromatic heterocycles. The summed E-state index contributed by atoms with van der Waals surface area (Å²) < 4.78 is 65.2. The van der Waals surface area contributed by atoms with Crippen LogP contribution in [-0.4, -0.2) is 55.9 Å². The average Bonchev–Trinajstić information content (AvgIpc) is 2.79. The number of alkyl halides is 3. The smallest absolute Gasteiger partial charge is 0.394 e. The fourth-order valence-corrected chi connectivity index (χ4v) is 5.19. The summed E-state index contributed by atoms with van der Waals surface area (Å²) in [5.74, 6) is -0.485. The Morgan fingerprint density at radius 2 is 1.91 bits per heavy atom. The van der Waals surface area contributed by atoms with E-state index in [2.05, 4.69) is 0 Å². The number of rotatable bonds is 7. The van der Waals surface area contributed by atoms with Crippen LogP contribution in [0.4, 0.5) is 18.9 Å². The number of anilines is 1. The fourth-order valence-electron chi connectivity index (χ4n) is 3.94. The Bertz CT molecular complexity index is 1170. The van der Waals surface area contributed by atoms with Gasteiger partial charge in [-0.05, 0) is 66.3 Å². The molecule has 2 unspecified atom stereocenters. The van der Waals surface area contributed by atoms with E-state index in [1.165, 1.54) is 11.0 Å². The molecule has 1 saturated heterocycles. The molecule has 0 radical (unpaired) electrons. The van der Waals surface area contributed by atoms with Gasteiger partial charge in [0, 0.05) is 12.2 Å². The molecule has 178 valence electrons. The van der Waals surface area contributed by atoms with Crippen molar-refractivity contribution in [2.45, 2.75) is 44.0 Å². The highest BCUT2D eigenvalue weighted by Crippen LogP contribution is 2.36. The molecular weight excluding hydrogens is 457 g/mol. The van der Waals surface area contributed by atoms with Crippen molar-refractivity contribution in [2.24, 2.45) is 0 Å². The molecule has 6 nitrogen and oxygen atoms in total. The molecular formula is C23H25F3N2O4S. The summed E-state index contributed by atoms with van der Waals surface area (Å²) in [6, 6.07) is 10.1. The molecule has 0 bridgehead atoms. The fraction of sp³-hybridized carbons (Fsp3) is 0.435. The van der Waals surface area contributed by atoms with Crippen molar-refractivity contribution in [2.75, 3.05) is 23.8 Å². The van der Waals surface area contributed by atoms with Crippen molar-refractivity contribution in [3.63, 3.8) is 0 Å². The van der Waals surface area contributed by atoms with Gasteiger partial charge in [0.05, 0.1) is 18.5 Å². The molecule has 3 rings (SSSR count). The average molecular weight is 483 g/mol. The molecule has 0 amide bonds. The van der Waals surface area contributed by atoms with Crippen LogP contribution in [0.2, 0.25) is 0 Å². The number of fused-ring (bicyclic) bond motifs is 1. The monoisotopic (exact) mass is 482 g/mol. The minimum atomic E-state index is -4.31. The summed E-state index contributed by atoms with van der Waals surface area (Å²) in [7, 11) is -3.95. The molecule has 0 aliphatic carbocycles. The van der Waals surface area contributed by atoms with E-state index in [0.717, 1.165) is 0 Å². The largest absolute Gasteiger partial charge is 0.408 e. The maximum atomic E-state index is 13.5. The van der Waals surface area contributed by atoms with Gasteiger partial charge in [0.2, 0.25) is 0 Å². The normalized spacial score (nSPS) is 18.8. The topological polar surface area (TPSA) is 102 Å². The van der Waals surface area contributed by atoms with E-state index in [0.29, 0.717) is 41.4 Å². The van der Waals surface area contributed by atoms with Gasteiger partial charge in [0.15, 0.2) is 9.84 Å². The number of aliphatic hydroxyl groups excluding tert-OH is 2. The molecule has 10 heteroatoms. The zero-order chi connectivity index (χ0) is 24.2. The van der Waals surface area contributed by atoms with E-state index in [1.807, 2.05) is 0 Å². The van der Waals surface area contributed by atoms with Gasteiger partial charge < -0.3 is 15.1 Å². The number of nitriles is 1. The number of piperidine rings is 1. The van der Waals surface area contributed by atoms with Crippen LogP contribution in [0.3, 0.4) is 0 Å². The minimum absolute atomic E-state index is 0.0615. The molecule has 2 N–H and O–H groups in total. The third kappa shape index (κ3) is 6.05. The van der Waals surface area contributed by atoms with Crippen molar-refractivity contribution in [3.05, 3.63) is 46.9 Å². The van der Waals surface area contributed by atoms with Gasteiger partial charge in [-0.1, -0.05) is 18.2 Å². The quantitative estimate of drug-likeness (QED) is 0.583. The van der Waals surface area contributed by atoms with Crippen molar-refractivity contribution >= 4 is 32.4 Å². The second kappa shape index (κ2) is 10.1. The molecule has 2 atom stereocenters. The molecule has 1 aliphatic heterocycles. The van der Waals surface area contributed by atoms with E-state index in [9.17, 15) is 32.0 Å². The Hall–Kier alpha value is -2.61. The minimum Gasteiger partial charge on any atom is -0.394 e. The summed E-state index contributed by atoms with van der Waals surface area (Å²) in [6.45, 7) is -0.250. The number of hydrogen-bond acceptors (Lipinski definition) is 6. The highest BCUT2D eigenvalue weighted by atomic mass is 32.2. The van der Waals surface area contributed by atoms with Crippen molar-refractivity contribution in [1.29, 1.82) is 5.26 Å². The SMILES string of the molecule is N#C/C(=C\c1ccc2cc(N3CCCCC3C(F)(F)F)ccc2c1)S(=O)(=O)CCC(O)CO. The Morgan fingerprint density at radius 1 is 1.21 bits per heavy atom. The van der Waals surface area contributed by atoms with Crippen molar-refractivity contribution < 1.29 is 31.8 Å². The molecule has 0 saturated carbocycles. The zero-order valence-electron chi connectivity index (χ0n) is 17.8. The molecule has 2 aromatic rings. The van der Waals surface area contributed by atoms with Gasteiger partial charge in [-0.25, -0.2) is 8.42 Å². The number of aliphatic hydroxyl groups is 2. The van der Waals surface area contributed by atoms with Gasteiger partial charge in [0.25, 0.3) is 0 Å². The summed E-state index contributed by atoms with van der Waals surface area (Å²) in [5, 5.41) is 28.9. The Kier molecular flexibility index (Phi) is 7.67. The van der Waals surface area contributed by atoms with Crippen LogP contribution in [0.15, 0.2) is 41.3 Å². The number of halogens is 3. The van der Waals surface area contributed by atoms with Crippen LogP contribution in [0.1, 0.15) is 31.2 Å². The summed E-state index contributed by atoms with van der Waals surface area (Å²) >= 11 is 0. The first-order valence-electron chi connectivity index (χ1n) is 10.6. The molecule has 1 aliphatic rings. The number of benzene rings is 2. The third-order valence-corrected chi connectivity index (χ3v) is 7.39. The molecule has 33 heavy (non-hydrogen) atoms. The lowest BCUT2D eigenvalue weighted by atomic mass is 9.99. The summed E-state index contributed by atoms with van der Waals surface area (Å²) in [6.07, 6.45) is -3.19. The second-order valence-corrected chi connectivity index (χ2v) is 10.2. The standard InChI is InChI=1S/C23H25F3N2O4S/c24-23(25,26)22-3-1-2-9-28(22)19-7-6-17-11-16(4-5-18(17)13-19)12-21(14-27)33(31,32)10-8-20(30)15-29/h4-7,11-13,20,22,29-30H,1-3,8-10,15H2/b21-12+. The molecule has 1 heterocycles. The Labute approximate surface area is 190 Å². The maximum absolute atomic E-state index is 13.5. The van der Waals surface area contributed by atoms with E-state index < -0.39 is 45.4 Å². The number of hydrogen-bond donors (Lipinski definition) is 2. The first-order chi connectivity index (χ1) is 15.5. The van der Waals surface area contributed by atoms with Crippen LogP contribution in [-0.2, 0) is 9.84 Å². The number of sulfone groups is 1. The molecule has 1 fully saturated rings. The van der Waals surface area contributed by atoms with Crippen LogP contribution in [0.5, 0.6) is 0 Å². The lowest BCUT2D eigenvalue weighted by Crippen LogP contribution is -2.48. The van der Waals surface area contributed by atoms with Gasteiger partial charge in [-0.3, -0.25) is 0 Å². The van der Waals surface area contributed by atoms with E-state index in [4.69, 9.17) is 5.11 Å². The number of allylic oxidation sites excluding steroid dienone is 1. The van der Waals surface area contributed by atoms with Crippen LogP contribution >= 0.6 is 0 Å². The van der Waals surface area contributed by atoms with Gasteiger partial charge in [-0.2, -0.15) is 18.4 Å². The Balaban J connectivity index is 1.88. The Morgan fingerprint density at radius 3 is 2.58 bits per heavy atom. The van der Waals surface area contributed by atoms with Gasteiger partial charge in [-0.15, -0.1) is 0 Å². The third-order valence-electron chi connectivity index (χ3n) is 5.73. The van der Waals surface area contributed by atoms with Crippen LogP contribution < -0.4 is 4.90 Å². The van der Waals surface area contributed by atoms with Crippen LogP contribution in [0, 0.1) is 11.3 Å². The molecule has 2 aromatic carbocycles. The summed E-state index contributed by atoms with van der Waals surface area (Å²) in [4.78, 5) is 0.919. The summed E-state index contributed by atoms with van der Waals surface area (Å²) in [5.41, 5.74) is 0.930. The van der Waals surface area contributed by atoms with E-state index in [-0.39, 0.29) is 12.8 Å². The predicted octanol–water partition coefficient (Wildman–Crippen LogP) is 3.78. The second-order valence-electron chi connectivity index (χ2n) is 8.10. The van der Waals surface area contributed by atoms with E-state index >= 15 is 0 Å². The highest BCUT2D eigenvalue weighted by Gasteiger charge is 2.44. The van der Waals surface area contributed by atoms with Crippen molar-refractivity contribution in [1.82, 2.24) is 0 Å². The van der Waals surface area contributed by atoms with Crippen LogP contribution in [0.25, 0.3) is 16.8 Å². The first-order valence-corrected chi connectivity index (χ1v) is 12.2. The van der Waals surface area contributed by atoms with E-state index in [1.54, 1.807) is 42.5 Å². The lowest BCUT2D eigenvalue weighted by Gasteiger charge is -2.38. The number of nitrogens with zero attached hydrogens (tertiary/aromatic N) is 2. The van der Waals surface area contributed by atoms with Gasteiger partial charge >= 0.3 is 6.18 Å². The lowest BCUT2D eigenvalue weighted by molar-refractivity contribution is -0.152. The molecule has 0 spiro atoms.